The molecule has 4 aromatic carbocycles. The van der Waals surface area contributed by atoms with E-state index in [4.69, 9.17) is 9.47 Å². The fourth-order valence-corrected chi connectivity index (χ4v) is 10.0. The number of hydrogen-bond acceptors (Lipinski definition) is 3. The Hall–Kier alpha value is -5.74. The molecule has 1 aromatic heterocycles. The third-order valence-electron chi connectivity index (χ3n) is 12.3. The van der Waals surface area contributed by atoms with Gasteiger partial charge in [-0.25, -0.2) is 0 Å². The molecule has 0 bridgehead atoms. The molecule has 6 aliphatic rings. The standard InChI is InChI=1S/C48H40N2O2/c1-5-18-42-36(14-1)37-15-2-6-19-43(37)50(42)35-23-25-41-47(29-35)52-45-21-8-4-17-39(45)48(41)38-16-3-7-20-44(38)51-46-28-33(22-24-40(46)48)31-11-9-12-32(27-31)34-13-10-26-49-30-34/h1-2,4-10,12-15,17-20,22-26,28-29,31-32,45,49H,3,11,16,21,27,30H2. The Bertz CT molecular complexity index is 2480. The van der Waals surface area contributed by atoms with E-state index in [9.17, 15) is 0 Å². The largest absolute Gasteiger partial charge is 0.485 e. The molecule has 4 heterocycles. The van der Waals surface area contributed by atoms with Crippen molar-refractivity contribution >= 4 is 21.8 Å². The number of dihydropyridines is 1. The van der Waals surface area contributed by atoms with Gasteiger partial charge in [-0.1, -0.05) is 97.1 Å². The number of fused-ring (bicyclic) bond motifs is 10. The number of benzene rings is 4. The first-order chi connectivity index (χ1) is 25.8. The molecule has 1 N–H and O–H groups in total. The SMILES string of the molecule is C1=CCC2Oc3cc(-n4c5ccccc5c5ccccc54)ccc3C3(C2=C1)C1=C(C=CCC1)Oc1cc(C2CC=CC(C4=CC=CNC4)C2)ccc13. The van der Waals surface area contributed by atoms with Crippen molar-refractivity contribution in [2.75, 3.05) is 6.54 Å². The van der Waals surface area contributed by atoms with Crippen molar-refractivity contribution in [3.63, 3.8) is 0 Å². The molecule has 3 aliphatic carbocycles. The first kappa shape index (κ1) is 29.9. The minimum atomic E-state index is -0.478. The summed E-state index contributed by atoms with van der Waals surface area (Å²) in [6.45, 7) is 0.919. The van der Waals surface area contributed by atoms with Crippen molar-refractivity contribution in [3.8, 4) is 17.2 Å². The summed E-state index contributed by atoms with van der Waals surface area (Å²) in [6.07, 6.45) is 27.4. The second kappa shape index (κ2) is 11.6. The summed E-state index contributed by atoms with van der Waals surface area (Å²) < 4.78 is 16.4. The molecule has 0 fully saturated rings. The summed E-state index contributed by atoms with van der Waals surface area (Å²) in [5.41, 5.74) is 11.0. The van der Waals surface area contributed by atoms with Crippen LogP contribution in [-0.4, -0.2) is 17.2 Å². The van der Waals surface area contributed by atoms with E-state index in [1.165, 1.54) is 55.2 Å². The van der Waals surface area contributed by atoms with E-state index in [0.29, 0.717) is 11.8 Å². The van der Waals surface area contributed by atoms with Gasteiger partial charge in [-0.15, -0.1) is 0 Å². The molecule has 3 aliphatic heterocycles. The molecule has 4 nitrogen and oxygen atoms in total. The Labute approximate surface area is 304 Å². The predicted molar refractivity (Wildman–Crippen MR) is 210 cm³/mol. The number of rotatable bonds is 3. The van der Waals surface area contributed by atoms with Gasteiger partial charge < -0.3 is 19.4 Å². The van der Waals surface area contributed by atoms with E-state index in [-0.39, 0.29) is 6.10 Å². The highest BCUT2D eigenvalue weighted by molar-refractivity contribution is 6.09. The van der Waals surface area contributed by atoms with Crippen molar-refractivity contribution in [3.05, 3.63) is 185 Å². The lowest BCUT2D eigenvalue weighted by Gasteiger charge is -2.50. The molecule has 0 saturated carbocycles. The second-order valence-corrected chi connectivity index (χ2v) is 15.0. The average Bonchev–Trinajstić information content (AvgIpc) is 3.55. The fourth-order valence-electron chi connectivity index (χ4n) is 10.0. The van der Waals surface area contributed by atoms with Gasteiger partial charge in [0.1, 0.15) is 23.4 Å². The van der Waals surface area contributed by atoms with Crippen LogP contribution in [0.4, 0.5) is 0 Å². The molecular formula is C48H40N2O2. The van der Waals surface area contributed by atoms with Gasteiger partial charge >= 0.3 is 0 Å². The van der Waals surface area contributed by atoms with Gasteiger partial charge in [0.05, 0.1) is 16.4 Å². The van der Waals surface area contributed by atoms with Crippen molar-refractivity contribution in [2.45, 2.75) is 49.5 Å². The van der Waals surface area contributed by atoms with Crippen molar-refractivity contribution in [2.24, 2.45) is 5.92 Å². The third-order valence-corrected chi connectivity index (χ3v) is 12.3. The molecule has 11 rings (SSSR count). The highest BCUT2D eigenvalue weighted by Crippen LogP contribution is 2.61. The Morgan fingerprint density at radius 2 is 1.60 bits per heavy atom. The van der Waals surface area contributed by atoms with Crippen molar-refractivity contribution < 1.29 is 9.47 Å². The Morgan fingerprint density at radius 3 is 2.44 bits per heavy atom. The molecule has 5 aromatic rings. The van der Waals surface area contributed by atoms with E-state index in [0.717, 1.165) is 61.6 Å². The van der Waals surface area contributed by atoms with Crippen molar-refractivity contribution in [1.82, 2.24) is 9.88 Å². The van der Waals surface area contributed by atoms with Gasteiger partial charge in [0.2, 0.25) is 0 Å². The second-order valence-electron chi connectivity index (χ2n) is 15.0. The number of allylic oxidation sites excluding steroid dienone is 9. The van der Waals surface area contributed by atoms with Crippen LogP contribution in [0.1, 0.15) is 54.7 Å². The Morgan fingerprint density at radius 1 is 0.769 bits per heavy atom. The lowest BCUT2D eigenvalue weighted by Crippen LogP contribution is -2.46. The first-order valence-electron chi connectivity index (χ1n) is 18.9. The molecule has 4 atom stereocenters. The molecular weight excluding hydrogens is 637 g/mol. The van der Waals surface area contributed by atoms with Crippen LogP contribution in [0.2, 0.25) is 0 Å². The van der Waals surface area contributed by atoms with Crippen LogP contribution in [0.3, 0.4) is 0 Å². The molecule has 0 amide bonds. The maximum absolute atomic E-state index is 7.07. The van der Waals surface area contributed by atoms with Crippen LogP contribution in [0.25, 0.3) is 27.5 Å². The molecule has 0 saturated heterocycles. The van der Waals surface area contributed by atoms with Crippen LogP contribution in [-0.2, 0) is 5.41 Å². The van der Waals surface area contributed by atoms with Gasteiger partial charge in [0, 0.05) is 52.5 Å². The fraction of sp³-hybridized carbons (Fsp3) is 0.208. The summed E-state index contributed by atoms with van der Waals surface area (Å²) in [7, 11) is 0. The summed E-state index contributed by atoms with van der Waals surface area (Å²) in [5.74, 6) is 3.81. The Kier molecular flexibility index (Phi) is 6.70. The van der Waals surface area contributed by atoms with Gasteiger partial charge in [-0.2, -0.15) is 0 Å². The molecule has 4 heteroatoms. The third kappa shape index (κ3) is 4.33. The molecule has 4 unspecified atom stereocenters. The smallest absolute Gasteiger partial charge is 0.132 e. The topological polar surface area (TPSA) is 35.4 Å². The maximum Gasteiger partial charge on any atom is 0.132 e. The Balaban J connectivity index is 1.09. The quantitative estimate of drug-likeness (QED) is 0.193. The molecule has 254 valence electrons. The van der Waals surface area contributed by atoms with E-state index >= 15 is 0 Å². The number of nitrogens with one attached hydrogen (secondary N) is 1. The highest BCUT2D eigenvalue weighted by atomic mass is 16.5. The number of aromatic nitrogens is 1. The molecule has 0 radical (unpaired) electrons. The van der Waals surface area contributed by atoms with E-state index < -0.39 is 5.41 Å². The monoisotopic (exact) mass is 676 g/mol. The normalized spacial score (nSPS) is 25.4. The lowest BCUT2D eigenvalue weighted by atomic mass is 9.58. The minimum Gasteiger partial charge on any atom is -0.485 e. The number of nitrogens with zero attached hydrogens (tertiary/aromatic N) is 1. The zero-order valence-electron chi connectivity index (χ0n) is 29.1. The van der Waals surface area contributed by atoms with Crippen LogP contribution in [0, 0.1) is 5.92 Å². The zero-order chi connectivity index (χ0) is 34.2. The maximum atomic E-state index is 7.07. The summed E-state index contributed by atoms with van der Waals surface area (Å²) in [6, 6.07) is 31.6. The molecule has 52 heavy (non-hydrogen) atoms. The summed E-state index contributed by atoms with van der Waals surface area (Å²) in [5, 5.41) is 5.93. The summed E-state index contributed by atoms with van der Waals surface area (Å²) in [4.78, 5) is 0. The number of hydrogen-bond donors (Lipinski definition) is 1. The van der Waals surface area contributed by atoms with Gasteiger partial charge in [0.15, 0.2) is 0 Å². The van der Waals surface area contributed by atoms with E-state index in [1.807, 2.05) is 6.20 Å². The predicted octanol–water partition coefficient (Wildman–Crippen LogP) is 10.8. The number of ether oxygens (including phenoxy) is 2. The van der Waals surface area contributed by atoms with Crippen LogP contribution in [0.5, 0.6) is 11.5 Å². The van der Waals surface area contributed by atoms with Gasteiger partial charge in [0.25, 0.3) is 0 Å². The van der Waals surface area contributed by atoms with Crippen LogP contribution >= 0.6 is 0 Å². The van der Waals surface area contributed by atoms with Crippen LogP contribution in [0.15, 0.2) is 168 Å². The van der Waals surface area contributed by atoms with Crippen LogP contribution < -0.4 is 14.8 Å². The highest BCUT2D eigenvalue weighted by Gasteiger charge is 2.54. The van der Waals surface area contributed by atoms with E-state index in [1.54, 1.807) is 0 Å². The van der Waals surface area contributed by atoms with Crippen molar-refractivity contribution in [1.29, 1.82) is 0 Å². The van der Waals surface area contributed by atoms with E-state index in [2.05, 4.69) is 149 Å². The average molecular weight is 677 g/mol. The minimum absolute atomic E-state index is 0.0631. The number of para-hydroxylation sites is 2. The first-order valence-corrected chi connectivity index (χ1v) is 18.9. The zero-order valence-corrected chi connectivity index (χ0v) is 29.1. The van der Waals surface area contributed by atoms with Gasteiger partial charge in [-0.3, -0.25) is 0 Å². The molecule has 1 spiro atoms. The lowest BCUT2D eigenvalue weighted by molar-refractivity contribution is 0.198. The van der Waals surface area contributed by atoms with Gasteiger partial charge in [-0.05, 0) is 96.5 Å². The summed E-state index contributed by atoms with van der Waals surface area (Å²) >= 11 is 0.